The molecule has 1 nitrogen and oxygen atoms in total. The van der Waals surface area contributed by atoms with Gasteiger partial charge in [-0.3, -0.25) is 0 Å². The highest BCUT2D eigenvalue weighted by atomic mass is 14.5. The molecule has 0 aliphatic heterocycles. The predicted molar refractivity (Wildman–Crippen MR) is 62.2 cm³/mol. The first kappa shape index (κ1) is 22.5. The number of hydrogen-bond acceptors (Lipinski definition) is 1. The quantitative estimate of drug-likeness (QED) is 0.593. The zero-order valence-electron chi connectivity index (χ0n) is 9.94. The van der Waals surface area contributed by atoms with Gasteiger partial charge in [0.2, 0.25) is 0 Å². The molecule has 0 heterocycles. The van der Waals surface area contributed by atoms with Crippen molar-refractivity contribution in [1.82, 2.24) is 0 Å². The molecule has 0 fully saturated rings. The van der Waals surface area contributed by atoms with E-state index in [1.54, 1.807) is 12.2 Å². The summed E-state index contributed by atoms with van der Waals surface area (Å²) in [7, 11) is 0. The van der Waals surface area contributed by atoms with Gasteiger partial charge in [0, 0.05) is 5.70 Å². The molecule has 0 amide bonds. The zero-order valence-corrected chi connectivity index (χ0v) is 9.94. The van der Waals surface area contributed by atoms with Crippen molar-refractivity contribution in [2.45, 2.75) is 48.5 Å². The second-order valence-corrected chi connectivity index (χ2v) is 1.15. The molecule has 0 unspecified atom stereocenters. The van der Waals surface area contributed by atoms with Crippen LogP contribution >= 0.6 is 0 Å². The first-order valence-corrected chi connectivity index (χ1v) is 4.82. The lowest BCUT2D eigenvalue weighted by Gasteiger charge is -1.78. The molecule has 0 aliphatic rings. The maximum absolute atomic E-state index is 5.19. The van der Waals surface area contributed by atoms with Crippen molar-refractivity contribution in [3.63, 3.8) is 0 Å². The van der Waals surface area contributed by atoms with Gasteiger partial charge in [0.05, 0.1) is 0 Å². The van der Waals surface area contributed by atoms with Gasteiger partial charge in [0.15, 0.2) is 0 Å². The smallest absolute Gasteiger partial charge is 0.00486 e. The molecule has 0 atom stereocenters. The van der Waals surface area contributed by atoms with Gasteiger partial charge in [0.25, 0.3) is 0 Å². The van der Waals surface area contributed by atoms with E-state index in [4.69, 9.17) is 5.73 Å². The lowest BCUT2D eigenvalue weighted by molar-refractivity contribution is 1.32. The van der Waals surface area contributed by atoms with E-state index in [0.29, 0.717) is 0 Å². The molecule has 0 bridgehead atoms. The number of hydrogen-bond donors (Lipinski definition) is 1. The summed E-state index contributed by atoms with van der Waals surface area (Å²) in [4.78, 5) is 0. The predicted octanol–water partition coefficient (Wildman–Crippen LogP) is 4.11. The standard InChI is InChI=1S/C5H9N.3C2H6/c1-3-4-5(2)6;3*1-2/h3-4H,1,6H2,2H3;3*1-2H3/b5-4+;;;. The zero-order chi connectivity index (χ0) is 11.0. The Kier molecular flexibility index (Phi) is 90.6. The van der Waals surface area contributed by atoms with Gasteiger partial charge < -0.3 is 5.73 Å². The second kappa shape index (κ2) is 48.3. The first-order valence-electron chi connectivity index (χ1n) is 4.82. The number of nitrogens with two attached hydrogens (primary N) is 1. The van der Waals surface area contributed by atoms with Crippen LogP contribution in [0.4, 0.5) is 0 Å². The second-order valence-electron chi connectivity index (χ2n) is 1.15. The Morgan fingerprint density at radius 2 is 1.25 bits per heavy atom. The van der Waals surface area contributed by atoms with E-state index in [1.807, 2.05) is 48.5 Å². The average Bonchev–Trinajstić information content (AvgIpc) is 2.14. The molecular formula is C11H27N. The van der Waals surface area contributed by atoms with Crippen LogP contribution in [0.1, 0.15) is 48.5 Å². The van der Waals surface area contributed by atoms with Crippen molar-refractivity contribution in [2.24, 2.45) is 5.73 Å². The SMILES string of the molecule is C=C/C=C(\C)N.CC.CC.CC. The Morgan fingerprint density at radius 3 is 1.25 bits per heavy atom. The minimum Gasteiger partial charge on any atom is -0.402 e. The van der Waals surface area contributed by atoms with Gasteiger partial charge >= 0.3 is 0 Å². The highest BCUT2D eigenvalue weighted by Gasteiger charge is 1.63. The Morgan fingerprint density at radius 1 is 1.00 bits per heavy atom. The summed E-state index contributed by atoms with van der Waals surface area (Å²) in [5, 5.41) is 0. The molecule has 0 rings (SSSR count). The summed E-state index contributed by atoms with van der Waals surface area (Å²) < 4.78 is 0. The van der Waals surface area contributed by atoms with Gasteiger partial charge in [-0.25, -0.2) is 0 Å². The lowest BCUT2D eigenvalue weighted by Crippen LogP contribution is -1.87. The minimum absolute atomic E-state index is 0.796. The summed E-state index contributed by atoms with van der Waals surface area (Å²) in [6.07, 6.45) is 3.41. The van der Waals surface area contributed by atoms with E-state index in [0.717, 1.165) is 5.70 Å². The van der Waals surface area contributed by atoms with Crippen LogP contribution in [-0.4, -0.2) is 0 Å². The summed E-state index contributed by atoms with van der Waals surface area (Å²) >= 11 is 0. The van der Waals surface area contributed by atoms with Crippen molar-refractivity contribution < 1.29 is 0 Å². The lowest BCUT2D eigenvalue weighted by atomic mass is 10.4. The molecule has 0 aliphatic carbocycles. The molecule has 0 aromatic rings. The first-order chi connectivity index (χ1) is 5.77. The van der Waals surface area contributed by atoms with Gasteiger partial charge in [-0.2, -0.15) is 0 Å². The van der Waals surface area contributed by atoms with Gasteiger partial charge in [-0.05, 0) is 13.0 Å². The van der Waals surface area contributed by atoms with Crippen molar-refractivity contribution in [2.75, 3.05) is 0 Å². The van der Waals surface area contributed by atoms with E-state index >= 15 is 0 Å². The molecule has 0 radical (unpaired) electrons. The van der Waals surface area contributed by atoms with Crippen LogP contribution in [0, 0.1) is 0 Å². The summed E-state index contributed by atoms with van der Waals surface area (Å²) in [6.45, 7) is 17.3. The van der Waals surface area contributed by atoms with Gasteiger partial charge in [-0.15, -0.1) is 0 Å². The molecule has 0 aromatic carbocycles. The maximum Gasteiger partial charge on any atom is 0.00486 e. The van der Waals surface area contributed by atoms with Crippen molar-refractivity contribution >= 4 is 0 Å². The van der Waals surface area contributed by atoms with Crippen molar-refractivity contribution in [3.05, 3.63) is 24.4 Å². The molecule has 0 aromatic heterocycles. The molecule has 2 N–H and O–H groups in total. The topological polar surface area (TPSA) is 26.0 Å². The highest BCUT2D eigenvalue weighted by molar-refractivity contribution is 5.03. The van der Waals surface area contributed by atoms with Crippen LogP contribution in [-0.2, 0) is 0 Å². The molecule has 0 saturated carbocycles. The molecule has 76 valence electrons. The monoisotopic (exact) mass is 173 g/mol. The van der Waals surface area contributed by atoms with E-state index in [1.165, 1.54) is 0 Å². The van der Waals surface area contributed by atoms with Crippen LogP contribution in [0.3, 0.4) is 0 Å². The molecule has 12 heavy (non-hydrogen) atoms. The van der Waals surface area contributed by atoms with Crippen LogP contribution in [0.5, 0.6) is 0 Å². The van der Waals surface area contributed by atoms with E-state index in [-0.39, 0.29) is 0 Å². The summed E-state index contributed by atoms with van der Waals surface area (Å²) in [5.41, 5.74) is 5.99. The fourth-order valence-electron chi connectivity index (χ4n) is 0.186. The van der Waals surface area contributed by atoms with Crippen molar-refractivity contribution in [3.8, 4) is 0 Å². The van der Waals surface area contributed by atoms with E-state index < -0.39 is 0 Å². The Hall–Kier alpha value is -0.720. The molecular weight excluding hydrogens is 146 g/mol. The maximum atomic E-state index is 5.19. The third-order valence-electron chi connectivity index (χ3n) is 0.381. The fourth-order valence-corrected chi connectivity index (χ4v) is 0.186. The van der Waals surface area contributed by atoms with Crippen LogP contribution in [0.25, 0.3) is 0 Å². The highest BCUT2D eigenvalue weighted by Crippen LogP contribution is 1.75. The Labute approximate surface area is 79.4 Å². The van der Waals surface area contributed by atoms with Crippen LogP contribution in [0.15, 0.2) is 24.4 Å². The summed E-state index contributed by atoms with van der Waals surface area (Å²) in [5.74, 6) is 0. The van der Waals surface area contributed by atoms with Crippen molar-refractivity contribution in [1.29, 1.82) is 0 Å². The largest absolute Gasteiger partial charge is 0.402 e. The van der Waals surface area contributed by atoms with Gasteiger partial charge in [-0.1, -0.05) is 54.2 Å². The Bertz CT molecular complexity index is 69.1. The van der Waals surface area contributed by atoms with Gasteiger partial charge in [0.1, 0.15) is 0 Å². The Balaban J connectivity index is -0.0000000453. The normalized spacial score (nSPS) is 7.08. The van der Waals surface area contributed by atoms with E-state index in [2.05, 4.69) is 6.58 Å². The third-order valence-corrected chi connectivity index (χ3v) is 0.381. The number of allylic oxidation sites excluding steroid dienone is 3. The molecule has 1 heteroatoms. The number of rotatable bonds is 1. The van der Waals surface area contributed by atoms with Crippen LogP contribution < -0.4 is 5.73 Å². The van der Waals surface area contributed by atoms with Crippen LogP contribution in [0.2, 0.25) is 0 Å². The molecule has 0 saturated heterocycles. The summed E-state index contributed by atoms with van der Waals surface area (Å²) in [6, 6.07) is 0. The third kappa shape index (κ3) is 122. The average molecular weight is 173 g/mol. The fraction of sp³-hybridized carbons (Fsp3) is 0.636. The minimum atomic E-state index is 0.796. The van der Waals surface area contributed by atoms with E-state index in [9.17, 15) is 0 Å². The molecule has 0 spiro atoms.